The first-order valence-corrected chi connectivity index (χ1v) is 6.25. The van der Waals surface area contributed by atoms with Crippen LogP contribution in [0.1, 0.15) is 30.0 Å². The van der Waals surface area contributed by atoms with E-state index < -0.39 is 0 Å². The van der Waals surface area contributed by atoms with Crippen LogP contribution in [0.5, 0.6) is 0 Å². The van der Waals surface area contributed by atoms with Gasteiger partial charge < -0.3 is 16.0 Å². The second kappa shape index (κ2) is 6.21. The van der Waals surface area contributed by atoms with Gasteiger partial charge in [0, 0.05) is 20.6 Å². The molecule has 0 aliphatic heterocycles. The summed E-state index contributed by atoms with van der Waals surface area (Å²) >= 11 is 0. The quantitative estimate of drug-likeness (QED) is 0.771. The summed E-state index contributed by atoms with van der Waals surface area (Å²) in [4.78, 5) is 25.1. The van der Waals surface area contributed by atoms with E-state index >= 15 is 0 Å². The van der Waals surface area contributed by atoms with Crippen LogP contribution in [-0.4, -0.2) is 46.6 Å². The van der Waals surface area contributed by atoms with Gasteiger partial charge in [0.1, 0.15) is 5.69 Å². The van der Waals surface area contributed by atoms with Crippen LogP contribution in [0.2, 0.25) is 0 Å². The SMILES string of the molecule is CCNC(=O)CN(C)C(=O)c1c(N)c(CC)nn1C. The lowest BCUT2D eigenvalue weighted by molar-refractivity contribution is -0.121. The zero-order valence-corrected chi connectivity index (χ0v) is 11.9. The van der Waals surface area contributed by atoms with Gasteiger partial charge in [-0.05, 0) is 13.3 Å². The molecule has 1 rings (SSSR count). The molecule has 0 aliphatic rings. The van der Waals surface area contributed by atoms with Gasteiger partial charge in [0.25, 0.3) is 5.91 Å². The van der Waals surface area contributed by atoms with Crippen LogP contribution in [0.4, 0.5) is 5.69 Å². The van der Waals surface area contributed by atoms with E-state index in [2.05, 4.69) is 10.4 Å². The van der Waals surface area contributed by atoms with Crippen LogP contribution in [-0.2, 0) is 18.3 Å². The number of nitrogens with zero attached hydrogens (tertiary/aromatic N) is 3. The van der Waals surface area contributed by atoms with Gasteiger partial charge in [0.15, 0.2) is 0 Å². The minimum Gasteiger partial charge on any atom is -0.395 e. The van der Waals surface area contributed by atoms with E-state index in [9.17, 15) is 9.59 Å². The second-order valence-corrected chi connectivity index (χ2v) is 4.30. The first kappa shape index (κ1) is 15.0. The number of aromatic nitrogens is 2. The van der Waals surface area contributed by atoms with Gasteiger partial charge in [-0.1, -0.05) is 6.92 Å². The van der Waals surface area contributed by atoms with Crippen molar-refractivity contribution in [2.24, 2.45) is 7.05 Å². The maximum Gasteiger partial charge on any atom is 0.274 e. The van der Waals surface area contributed by atoms with Crippen molar-refractivity contribution >= 4 is 17.5 Å². The lowest BCUT2D eigenvalue weighted by Crippen LogP contribution is -2.39. The molecule has 0 unspecified atom stereocenters. The topological polar surface area (TPSA) is 93.2 Å². The Morgan fingerprint density at radius 2 is 2.05 bits per heavy atom. The number of nitrogens with one attached hydrogen (secondary N) is 1. The number of amides is 2. The molecule has 2 amide bonds. The molecular weight excluding hydrogens is 246 g/mol. The number of nitrogen functional groups attached to an aromatic ring is 1. The molecule has 1 aromatic heterocycles. The highest BCUT2D eigenvalue weighted by atomic mass is 16.2. The monoisotopic (exact) mass is 267 g/mol. The molecular formula is C12H21N5O2. The molecule has 0 aliphatic carbocycles. The third-order valence-corrected chi connectivity index (χ3v) is 2.80. The van der Waals surface area contributed by atoms with E-state index in [1.165, 1.54) is 9.58 Å². The highest BCUT2D eigenvalue weighted by Gasteiger charge is 2.23. The predicted octanol–water partition coefficient (Wildman–Crippen LogP) is -0.227. The van der Waals surface area contributed by atoms with E-state index in [1.807, 2.05) is 13.8 Å². The number of rotatable bonds is 5. The molecule has 7 heteroatoms. The van der Waals surface area contributed by atoms with E-state index in [-0.39, 0.29) is 18.4 Å². The third kappa shape index (κ3) is 3.24. The summed E-state index contributed by atoms with van der Waals surface area (Å²) in [5, 5.41) is 6.83. The summed E-state index contributed by atoms with van der Waals surface area (Å²) in [7, 11) is 3.23. The number of aryl methyl sites for hydroxylation is 2. The summed E-state index contributed by atoms with van der Waals surface area (Å²) in [6.45, 7) is 4.28. The molecule has 1 aromatic rings. The Kier molecular flexibility index (Phi) is 4.91. The summed E-state index contributed by atoms with van der Waals surface area (Å²) in [6, 6.07) is 0. The normalized spacial score (nSPS) is 10.3. The van der Waals surface area contributed by atoms with Crippen molar-refractivity contribution in [2.45, 2.75) is 20.3 Å². The Morgan fingerprint density at radius 3 is 2.53 bits per heavy atom. The van der Waals surface area contributed by atoms with Gasteiger partial charge in [-0.25, -0.2) is 0 Å². The van der Waals surface area contributed by atoms with Gasteiger partial charge >= 0.3 is 0 Å². The molecule has 106 valence electrons. The van der Waals surface area contributed by atoms with Crippen LogP contribution in [0.15, 0.2) is 0 Å². The van der Waals surface area contributed by atoms with Crippen molar-refractivity contribution < 1.29 is 9.59 Å². The molecule has 3 N–H and O–H groups in total. The Bertz CT molecular complexity index is 481. The lowest BCUT2D eigenvalue weighted by atomic mass is 10.2. The van der Waals surface area contributed by atoms with E-state index in [4.69, 9.17) is 5.73 Å². The Hall–Kier alpha value is -2.05. The van der Waals surface area contributed by atoms with Gasteiger partial charge in [0.05, 0.1) is 17.9 Å². The summed E-state index contributed by atoms with van der Waals surface area (Å²) in [6.07, 6.45) is 0.660. The number of likely N-dealkylation sites (N-methyl/N-ethyl adjacent to an activating group) is 2. The minimum atomic E-state index is -0.307. The molecule has 0 aromatic carbocycles. The highest BCUT2D eigenvalue weighted by Crippen LogP contribution is 2.18. The number of nitrogens with two attached hydrogens (primary N) is 1. The van der Waals surface area contributed by atoms with Crippen molar-refractivity contribution in [1.82, 2.24) is 20.0 Å². The molecule has 0 spiro atoms. The standard InChI is InChI=1S/C12H21N5O2/c1-5-8-10(13)11(17(4)15-8)12(19)16(3)7-9(18)14-6-2/h5-7,13H2,1-4H3,(H,14,18). The highest BCUT2D eigenvalue weighted by molar-refractivity contribution is 5.99. The van der Waals surface area contributed by atoms with E-state index in [1.54, 1.807) is 14.1 Å². The first-order valence-electron chi connectivity index (χ1n) is 6.25. The van der Waals surface area contributed by atoms with Crippen molar-refractivity contribution in [3.63, 3.8) is 0 Å². The first-order chi connectivity index (χ1) is 8.92. The zero-order valence-electron chi connectivity index (χ0n) is 11.9. The Balaban J connectivity index is 2.88. The summed E-state index contributed by atoms with van der Waals surface area (Å²) in [5.74, 6) is -0.506. The van der Waals surface area contributed by atoms with Crippen LogP contribution >= 0.6 is 0 Å². The van der Waals surface area contributed by atoms with Crippen molar-refractivity contribution in [3.8, 4) is 0 Å². The molecule has 0 saturated heterocycles. The van der Waals surface area contributed by atoms with Crippen LogP contribution in [0.3, 0.4) is 0 Å². The van der Waals surface area contributed by atoms with Crippen LogP contribution < -0.4 is 11.1 Å². The van der Waals surface area contributed by atoms with Crippen molar-refractivity contribution in [2.75, 3.05) is 25.9 Å². The predicted molar refractivity (Wildman–Crippen MR) is 72.6 cm³/mol. The number of carbonyl (C=O) groups excluding carboxylic acids is 2. The van der Waals surface area contributed by atoms with Gasteiger partial charge in [0.2, 0.25) is 5.91 Å². The largest absolute Gasteiger partial charge is 0.395 e. The third-order valence-electron chi connectivity index (χ3n) is 2.80. The molecule has 0 saturated carbocycles. The van der Waals surface area contributed by atoms with E-state index in [0.717, 1.165) is 0 Å². The fraction of sp³-hybridized carbons (Fsp3) is 0.583. The van der Waals surface area contributed by atoms with Gasteiger partial charge in [-0.3, -0.25) is 14.3 Å². The molecule has 0 fully saturated rings. The molecule has 7 nitrogen and oxygen atoms in total. The summed E-state index contributed by atoms with van der Waals surface area (Å²) < 4.78 is 1.46. The molecule has 0 radical (unpaired) electrons. The number of hydrogen-bond donors (Lipinski definition) is 2. The van der Waals surface area contributed by atoms with Gasteiger partial charge in [-0.2, -0.15) is 5.10 Å². The number of anilines is 1. The van der Waals surface area contributed by atoms with Crippen LogP contribution in [0.25, 0.3) is 0 Å². The minimum absolute atomic E-state index is 0.00124. The fourth-order valence-corrected chi connectivity index (χ4v) is 1.83. The van der Waals surface area contributed by atoms with Gasteiger partial charge in [-0.15, -0.1) is 0 Å². The lowest BCUT2D eigenvalue weighted by Gasteiger charge is -2.16. The Labute approximate surface area is 112 Å². The van der Waals surface area contributed by atoms with Crippen molar-refractivity contribution in [3.05, 3.63) is 11.4 Å². The van der Waals surface area contributed by atoms with E-state index in [0.29, 0.717) is 30.0 Å². The smallest absolute Gasteiger partial charge is 0.274 e. The molecule has 1 heterocycles. The number of hydrogen-bond acceptors (Lipinski definition) is 4. The molecule has 19 heavy (non-hydrogen) atoms. The number of carbonyl (C=O) groups is 2. The maximum absolute atomic E-state index is 12.3. The second-order valence-electron chi connectivity index (χ2n) is 4.30. The summed E-state index contributed by atoms with van der Waals surface area (Å²) in [5.41, 5.74) is 7.31. The zero-order chi connectivity index (χ0) is 14.6. The Morgan fingerprint density at radius 1 is 1.42 bits per heavy atom. The fourth-order valence-electron chi connectivity index (χ4n) is 1.83. The average Bonchev–Trinajstić information content (AvgIpc) is 2.63. The molecule has 0 bridgehead atoms. The van der Waals surface area contributed by atoms with Crippen LogP contribution in [0, 0.1) is 0 Å². The average molecular weight is 267 g/mol. The molecule has 0 atom stereocenters. The maximum atomic E-state index is 12.3. The van der Waals surface area contributed by atoms with Crippen molar-refractivity contribution in [1.29, 1.82) is 0 Å².